The highest BCUT2D eigenvalue weighted by Crippen LogP contribution is 2.10. The second-order valence-corrected chi connectivity index (χ2v) is 3.66. The van der Waals surface area contributed by atoms with Crippen LogP contribution in [0, 0.1) is 5.38 Å². The molecule has 1 radical (unpaired) electrons. The fourth-order valence-electron chi connectivity index (χ4n) is 1.37. The van der Waals surface area contributed by atoms with Crippen molar-refractivity contribution in [3.05, 3.63) is 22.4 Å². The Morgan fingerprint density at radius 1 is 1.75 bits per heavy atom. The van der Waals surface area contributed by atoms with Crippen LogP contribution in [-0.4, -0.2) is 25.8 Å². The molecule has 1 atom stereocenters. The fraction of sp³-hybridized carbons (Fsp3) is 0.556. The molecule has 0 bridgehead atoms. The quantitative estimate of drug-likeness (QED) is 0.739. The van der Waals surface area contributed by atoms with Crippen molar-refractivity contribution in [3.8, 4) is 0 Å². The third kappa shape index (κ3) is 2.06. The van der Waals surface area contributed by atoms with Gasteiger partial charge in [0, 0.05) is 24.9 Å². The highest BCUT2D eigenvalue weighted by Gasteiger charge is 2.13. The molecule has 0 amide bonds. The molecule has 1 aromatic heterocycles. The summed E-state index contributed by atoms with van der Waals surface area (Å²) >= 11 is 1.63. The molecule has 3 heteroatoms. The minimum Gasteiger partial charge on any atom is -0.375 e. The summed E-state index contributed by atoms with van der Waals surface area (Å²) in [7, 11) is 0. The Morgan fingerprint density at radius 2 is 2.75 bits per heavy atom. The van der Waals surface area contributed by atoms with Gasteiger partial charge < -0.3 is 10.1 Å². The van der Waals surface area contributed by atoms with Crippen LogP contribution in [0.3, 0.4) is 0 Å². The van der Waals surface area contributed by atoms with E-state index >= 15 is 0 Å². The molecule has 0 aliphatic carbocycles. The SMILES string of the molecule is [c]1sccc1CC1CNCCO1. The number of morpholine rings is 1. The summed E-state index contributed by atoms with van der Waals surface area (Å²) < 4.78 is 5.57. The van der Waals surface area contributed by atoms with Crippen LogP contribution in [0.2, 0.25) is 0 Å². The minimum atomic E-state index is 0.351. The first kappa shape index (κ1) is 8.23. The normalized spacial score (nSPS) is 24.2. The van der Waals surface area contributed by atoms with Crippen molar-refractivity contribution in [1.29, 1.82) is 0 Å². The topological polar surface area (TPSA) is 21.3 Å². The van der Waals surface area contributed by atoms with E-state index in [1.54, 1.807) is 11.3 Å². The first-order valence-corrected chi connectivity index (χ1v) is 5.09. The molecule has 2 nitrogen and oxygen atoms in total. The van der Waals surface area contributed by atoms with Gasteiger partial charge in [0.2, 0.25) is 0 Å². The first-order chi connectivity index (χ1) is 5.95. The lowest BCUT2D eigenvalue weighted by Crippen LogP contribution is -2.39. The largest absolute Gasteiger partial charge is 0.375 e. The second kappa shape index (κ2) is 4.03. The summed E-state index contributed by atoms with van der Waals surface area (Å²) in [5.41, 5.74) is 1.27. The van der Waals surface area contributed by atoms with Crippen molar-refractivity contribution < 1.29 is 4.74 Å². The molecule has 0 aromatic carbocycles. The van der Waals surface area contributed by atoms with Crippen LogP contribution < -0.4 is 5.32 Å². The lowest BCUT2D eigenvalue weighted by Gasteiger charge is -2.22. The van der Waals surface area contributed by atoms with E-state index in [4.69, 9.17) is 4.74 Å². The summed E-state index contributed by atoms with van der Waals surface area (Å²) in [5, 5.41) is 8.59. The van der Waals surface area contributed by atoms with Gasteiger partial charge in [-0.25, -0.2) is 0 Å². The zero-order chi connectivity index (χ0) is 8.23. The number of nitrogens with one attached hydrogen (secondary N) is 1. The second-order valence-electron chi connectivity index (χ2n) is 2.95. The third-order valence-corrected chi connectivity index (χ3v) is 2.63. The van der Waals surface area contributed by atoms with E-state index in [-0.39, 0.29) is 0 Å². The van der Waals surface area contributed by atoms with Gasteiger partial charge in [0.1, 0.15) is 0 Å². The number of hydrogen-bond donors (Lipinski definition) is 1. The zero-order valence-corrected chi connectivity index (χ0v) is 7.69. The average molecular weight is 182 g/mol. The Hall–Kier alpha value is -0.380. The Bertz CT molecular complexity index is 216. The molecule has 2 heterocycles. The highest BCUT2D eigenvalue weighted by molar-refractivity contribution is 7.07. The van der Waals surface area contributed by atoms with Gasteiger partial charge in [0.05, 0.1) is 12.7 Å². The Kier molecular flexibility index (Phi) is 2.76. The fourth-order valence-corrected chi connectivity index (χ4v) is 1.97. The number of ether oxygens (including phenoxy) is 1. The number of hydrogen-bond acceptors (Lipinski definition) is 3. The molecular formula is C9H12NOS. The van der Waals surface area contributed by atoms with Crippen LogP contribution in [0.25, 0.3) is 0 Å². The number of rotatable bonds is 2. The predicted octanol–water partition coefficient (Wildman–Crippen LogP) is 1.08. The maximum Gasteiger partial charge on any atom is 0.0740 e. The van der Waals surface area contributed by atoms with Crippen LogP contribution in [0.1, 0.15) is 5.56 Å². The molecule has 0 spiro atoms. The molecular weight excluding hydrogens is 170 g/mol. The molecule has 1 saturated heterocycles. The van der Waals surface area contributed by atoms with E-state index in [9.17, 15) is 0 Å². The van der Waals surface area contributed by atoms with Crippen molar-refractivity contribution in [2.45, 2.75) is 12.5 Å². The summed E-state index contributed by atoms with van der Waals surface area (Å²) in [6, 6.07) is 2.11. The summed E-state index contributed by atoms with van der Waals surface area (Å²) in [6.45, 7) is 2.81. The lowest BCUT2D eigenvalue weighted by molar-refractivity contribution is 0.0292. The Labute approximate surface area is 76.6 Å². The van der Waals surface area contributed by atoms with Gasteiger partial charge in [-0.2, -0.15) is 0 Å². The van der Waals surface area contributed by atoms with Crippen LogP contribution in [0.4, 0.5) is 0 Å². The lowest BCUT2D eigenvalue weighted by atomic mass is 10.1. The molecule has 65 valence electrons. The predicted molar refractivity (Wildman–Crippen MR) is 49.5 cm³/mol. The van der Waals surface area contributed by atoms with E-state index in [1.807, 2.05) is 0 Å². The van der Waals surface area contributed by atoms with Gasteiger partial charge in [-0.3, -0.25) is 0 Å². The molecule has 1 aromatic rings. The van der Waals surface area contributed by atoms with Gasteiger partial charge in [-0.15, -0.1) is 11.3 Å². The van der Waals surface area contributed by atoms with Crippen molar-refractivity contribution in [1.82, 2.24) is 5.32 Å². The van der Waals surface area contributed by atoms with Crippen molar-refractivity contribution in [3.63, 3.8) is 0 Å². The van der Waals surface area contributed by atoms with Gasteiger partial charge in [-0.05, 0) is 17.0 Å². The van der Waals surface area contributed by atoms with E-state index in [0.29, 0.717) is 6.10 Å². The maximum atomic E-state index is 5.57. The van der Waals surface area contributed by atoms with E-state index in [1.165, 1.54) is 5.56 Å². The van der Waals surface area contributed by atoms with Gasteiger partial charge in [0.15, 0.2) is 0 Å². The Balaban J connectivity index is 1.86. The highest BCUT2D eigenvalue weighted by atomic mass is 32.1. The number of thiophene rings is 1. The Morgan fingerprint density at radius 3 is 3.42 bits per heavy atom. The van der Waals surface area contributed by atoms with Crippen molar-refractivity contribution in [2.24, 2.45) is 0 Å². The van der Waals surface area contributed by atoms with Crippen LogP contribution >= 0.6 is 11.3 Å². The summed E-state index contributed by atoms with van der Waals surface area (Å²) in [4.78, 5) is 0. The zero-order valence-electron chi connectivity index (χ0n) is 6.88. The summed E-state index contributed by atoms with van der Waals surface area (Å²) in [6.07, 6.45) is 1.35. The average Bonchev–Trinajstić information content (AvgIpc) is 2.59. The smallest absolute Gasteiger partial charge is 0.0740 e. The molecule has 12 heavy (non-hydrogen) atoms. The van der Waals surface area contributed by atoms with Gasteiger partial charge in [0.25, 0.3) is 0 Å². The molecule has 1 aliphatic heterocycles. The van der Waals surface area contributed by atoms with Crippen LogP contribution in [-0.2, 0) is 11.2 Å². The minimum absolute atomic E-state index is 0.351. The van der Waals surface area contributed by atoms with Crippen molar-refractivity contribution in [2.75, 3.05) is 19.7 Å². The summed E-state index contributed by atoms with van der Waals surface area (Å²) in [5.74, 6) is 0. The van der Waals surface area contributed by atoms with Gasteiger partial charge in [-0.1, -0.05) is 0 Å². The van der Waals surface area contributed by atoms with Crippen molar-refractivity contribution >= 4 is 11.3 Å². The molecule has 1 N–H and O–H groups in total. The standard InChI is InChI=1S/C9H12NOS/c1-4-12-7-8(1)5-9-6-10-2-3-11-9/h1,4,9-10H,2-3,5-6H2. The molecule has 1 aliphatic rings. The maximum absolute atomic E-state index is 5.57. The molecule has 2 rings (SSSR count). The van der Waals surface area contributed by atoms with E-state index in [2.05, 4.69) is 22.1 Å². The third-order valence-electron chi connectivity index (χ3n) is 1.98. The van der Waals surface area contributed by atoms with Crippen LogP contribution in [0.5, 0.6) is 0 Å². The molecule has 0 saturated carbocycles. The first-order valence-electron chi connectivity index (χ1n) is 4.21. The molecule has 1 fully saturated rings. The van der Waals surface area contributed by atoms with E-state index in [0.717, 1.165) is 26.1 Å². The van der Waals surface area contributed by atoms with E-state index < -0.39 is 0 Å². The monoisotopic (exact) mass is 182 g/mol. The molecule has 1 unspecified atom stereocenters. The van der Waals surface area contributed by atoms with Gasteiger partial charge >= 0.3 is 0 Å². The van der Waals surface area contributed by atoms with Crippen LogP contribution in [0.15, 0.2) is 11.4 Å².